The number of rotatable bonds is 4. The molecule has 3 atom stereocenters. The molecular formula is C15H21N3O. The van der Waals surface area contributed by atoms with Crippen LogP contribution in [0.1, 0.15) is 36.0 Å². The van der Waals surface area contributed by atoms with Gasteiger partial charge in [0.1, 0.15) is 0 Å². The van der Waals surface area contributed by atoms with Gasteiger partial charge in [0.2, 0.25) is 5.91 Å². The lowest BCUT2D eigenvalue weighted by Gasteiger charge is -2.22. The van der Waals surface area contributed by atoms with Crippen molar-refractivity contribution in [2.75, 3.05) is 17.6 Å². The number of nitrogens with one attached hydrogen (secondary N) is 1. The Morgan fingerprint density at radius 2 is 2.16 bits per heavy atom. The molecule has 2 fully saturated rings. The first-order valence-corrected chi connectivity index (χ1v) is 7.06. The van der Waals surface area contributed by atoms with E-state index in [-0.39, 0.29) is 0 Å². The minimum atomic E-state index is -0.439. The van der Waals surface area contributed by atoms with Crippen LogP contribution in [0.2, 0.25) is 0 Å². The van der Waals surface area contributed by atoms with Crippen LogP contribution in [0.25, 0.3) is 0 Å². The molecule has 0 heterocycles. The van der Waals surface area contributed by atoms with Crippen molar-refractivity contribution in [3.63, 3.8) is 0 Å². The van der Waals surface area contributed by atoms with Crippen LogP contribution in [0.15, 0.2) is 18.2 Å². The molecule has 0 aliphatic heterocycles. The number of amides is 1. The second-order valence-corrected chi connectivity index (χ2v) is 5.98. The largest absolute Gasteiger partial charge is 0.397 e. The van der Waals surface area contributed by atoms with Crippen LogP contribution in [0.4, 0.5) is 11.4 Å². The molecule has 3 rings (SSSR count). The highest BCUT2D eigenvalue weighted by molar-refractivity contribution is 5.94. The quantitative estimate of drug-likeness (QED) is 0.725. The van der Waals surface area contributed by atoms with Gasteiger partial charge in [-0.15, -0.1) is 0 Å². The van der Waals surface area contributed by atoms with Crippen molar-refractivity contribution in [1.29, 1.82) is 0 Å². The van der Waals surface area contributed by atoms with Crippen LogP contribution < -0.4 is 16.8 Å². The van der Waals surface area contributed by atoms with Crippen molar-refractivity contribution in [2.45, 2.75) is 25.7 Å². The van der Waals surface area contributed by atoms with Gasteiger partial charge in [-0.2, -0.15) is 0 Å². The van der Waals surface area contributed by atoms with Gasteiger partial charge in [0, 0.05) is 12.1 Å². The Bertz CT molecular complexity index is 500. The number of primary amides is 1. The van der Waals surface area contributed by atoms with E-state index in [1.54, 1.807) is 12.1 Å². The molecular weight excluding hydrogens is 238 g/mol. The molecule has 2 aliphatic carbocycles. The molecule has 19 heavy (non-hydrogen) atoms. The molecule has 2 aliphatic rings. The number of benzene rings is 1. The molecule has 1 aromatic rings. The fourth-order valence-corrected chi connectivity index (χ4v) is 3.74. The average Bonchev–Trinajstić information content (AvgIpc) is 2.99. The third kappa shape index (κ3) is 2.39. The summed E-state index contributed by atoms with van der Waals surface area (Å²) in [6, 6.07) is 5.22. The van der Waals surface area contributed by atoms with E-state index < -0.39 is 5.91 Å². The fourth-order valence-electron chi connectivity index (χ4n) is 3.74. The first-order valence-electron chi connectivity index (χ1n) is 7.06. The highest BCUT2D eigenvalue weighted by Gasteiger charge is 2.39. The Labute approximate surface area is 113 Å². The number of hydrogen-bond acceptors (Lipinski definition) is 3. The van der Waals surface area contributed by atoms with Gasteiger partial charge in [-0.3, -0.25) is 4.79 Å². The summed E-state index contributed by atoms with van der Waals surface area (Å²) in [6.07, 6.45) is 5.60. The molecule has 3 unspecified atom stereocenters. The van der Waals surface area contributed by atoms with E-state index in [1.165, 1.54) is 25.7 Å². The van der Waals surface area contributed by atoms with Crippen LogP contribution in [0.3, 0.4) is 0 Å². The highest BCUT2D eigenvalue weighted by atomic mass is 16.1. The summed E-state index contributed by atoms with van der Waals surface area (Å²) in [6.45, 7) is 0.987. The maximum absolute atomic E-state index is 11.1. The standard InChI is InChI=1S/C15H21N3O/c16-13-7-11(15(17)19)3-4-14(13)18-8-12-6-9-1-2-10(12)5-9/h3-4,7,9-10,12,18H,1-2,5-6,8,16H2,(H2,17,19). The van der Waals surface area contributed by atoms with Crippen molar-refractivity contribution in [3.8, 4) is 0 Å². The van der Waals surface area contributed by atoms with Gasteiger partial charge in [0.05, 0.1) is 11.4 Å². The van der Waals surface area contributed by atoms with E-state index in [1.807, 2.05) is 6.07 Å². The number of fused-ring (bicyclic) bond motifs is 2. The highest BCUT2D eigenvalue weighted by Crippen LogP contribution is 2.48. The summed E-state index contributed by atoms with van der Waals surface area (Å²) in [5.74, 6) is 2.22. The van der Waals surface area contributed by atoms with Crippen LogP contribution in [0.5, 0.6) is 0 Å². The smallest absolute Gasteiger partial charge is 0.248 e. The second kappa shape index (κ2) is 4.76. The van der Waals surface area contributed by atoms with Crippen molar-refractivity contribution in [1.82, 2.24) is 0 Å². The molecule has 0 radical (unpaired) electrons. The van der Waals surface area contributed by atoms with Crippen LogP contribution in [0, 0.1) is 17.8 Å². The summed E-state index contributed by atoms with van der Waals surface area (Å²) in [5.41, 5.74) is 13.1. The number of carbonyl (C=O) groups is 1. The van der Waals surface area contributed by atoms with E-state index in [2.05, 4.69) is 5.32 Å². The van der Waals surface area contributed by atoms with Gasteiger partial charge in [-0.25, -0.2) is 0 Å². The lowest BCUT2D eigenvalue weighted by Crippen LogP contribution is -2.20. The van der Waals surface area contributed by atoms with Gasteiger partial charge in [-0.1, -0.05) is 6.42 Å². The summed E-state index contributed by atoms with van der Waals surface area (Å²) in [5, 5.41) is 3.43. The number of hydrogen-bond donors (Lipinski definition) is 3. The van der Waals surface area contributed by atoms with Gasteiger partial charge >= 0.3 is 0 Å². The average molecular weight is 259 g/mol. The van der Waals surface area contributed by atoms with Crippen LogP contribution in [-0.4, -0.2) is 12.5 Å². The monoisotopic (exact) mass is 259 g/mol. The summed E-state index contributed by atoms with van der Waals surface area (Å²) >= 11 is 0. The minimum absolute atomic E-state index is 0.439. The van der Waals surface area contributed by atoms with Crippen molar-refractivity contribution >= 4 is 17.3 Å². The van der Waals surface area contributed by atoms with Gasteiger partial charge in [0.25, 0.3) is 0 Å². The Morgan fingerprint density at radius 1 is 1.32 bits per heavy atom. The fraction of sp³-hybridized carbons (Fsp3) is 0.533. The predicted octanol–water partition coefficient (Wildman–Crippen LogP) is 2.22. The first kappa shape index (κ1) is 12.3. The van der Waals surface area contributed by atoms with E-state index >= 15 is 0 Å². The maximum atomic E-state index is 11.1. The zero-order valence-corrected chi connectivity index (χ0v) is 11.1. The molecule has 2 saturated carbocycles. The van der Waals surface area contributed by atoms with Gasteiger partial charge < -0.3 is 16.8 Å². The van der Waals surface area contributed by atoms with E-state index in [0.29, 0.717) is 11.3 Å². The van der Waals surface area contributed by atoms with Crippen molar-refractivity contribution < 1.29 is 4.79 Å². The van der Waals surface area contributed by atoms with E-state index in [4.69, 9.17) is 11.5 Å². The number of nitrogens with two attached hydrogens (primary N) is 2. The Hall–Kier alpha value is -1.71. The molecule has 4 nitrogen and oxygen atoms in total. The van der Waals surface area contributed by atoms with E-state index in [0.717, 1.165) is 30.0 Å². The first-order chi connectivity index (χ1) is 9.13. The number of carbonyl (C=O) groups excluding carboxylic acids is 1. The summed E-state index contributed by atoms with van der Waals surface area (Å²) in [4.78, 5) is 11.1. The third-order valence-electron chi connectivity index (χ3n) is 4.78. The number of anilines is 2. The molecule has 102 valence electrons. The number of nitrogen functional groups attached to an aromatic ring is 1. The lowest BCUT2D eigenvalue weighted by atomic mass is 9.89. The lowest BCUT2D eigenvalue weighted by molar-refractivity contribution is 0.100. The van der Waals surface area contributed by atoms with Crippen LogP contribution in [-0.2, 0) is 0 Å². The third-order valence-corrected chi connectivity index (χ3v) is 4.78. The Morgan fingerprint density at radius 3 is 2.74 bits per heavy atom. The topological polar surface area (TPSA) is 81.1 Å². The second-order valence-electron chi connectivity index (χ2n) is 5.98. The van der Waals surface area contributed by atoms with Crippen molar-refractivity contribution in [3.05, 3.63) is 23.8 Å². The molecule has 1 amide bonds. The molecule has 0 spiro atoms. The molecule has 2 bridgehead atoms. The molecule has 5 N–H and O–H groups in total. The maximum Gasteiger partial charge on any atom is 0.248 e. The Balaban J connectivity index is 1.62. The normalized spacial score (nSPS) is 28.5. The van der Waals surface area contributed by atoms with Crippen molar-refractivity contribution in [2.24, 2.45) is 23.5 Å². The zero-order valence-electron chi connectivity index (χ0n) is 11.1. The summed E-state index contributed by atoms with van der Waals surface area (Å²) in [7, 11) is 0. The van der Waals surface area contributed by atoms with Crippen LogP contribution >= 0.6 is 0 Å². The predicted molar refractivity (Wildman–Crippen MR) is 76.8 cm³/mol. The van der Waals surface area contributed by atoms with Gasteiger partial charge in [-0.05, 0) is 55.2 Å². The molecule has 0 saturated heterocycles. The SMILES string of the molecule is NC(=O)c1ccc(NCC2CC3CCC2C3)c(N)c1. The summed E-state index contributed by atoms with van der Waals surface area (Å²) < 4.78 is 0. The van der Waals surface area contributed by atoms with Gasteiger partial charge in [0.15, 0.2) is 0 Å². The molecule has 4 heteroatoms. The zero-order chi connectivity index (χ0) is 13.4. The minimum Gasteiger partial charge on any atom is -0.397 e. The molecule has 1 aromatic carbocycles. The van der Waals surface area contributed by atoms with E-state index in [9.17, 15) is 4.79 Å². The molecule has 0 aromatic heterocycles. The Kier molecular flexibility index (Phi) is 3.09.